The van der Waals surface area contributed by atoms with Gasteiger partial charge in [-0.15, -0.1) is 0 Å². The standard InChI is InChI=1S/C13H18N2O4/c1-9-5-3-4-6-11(9)19-8-10(16)13(18)15-7-12(17)14-2/h3-6,10,16H,7-8H2,1-2H3,(H,14,17)(H,15,18). The Morgan fingerprint density at radius 1 is 1.37 bits per heavy atom. The molecule has 104 valence electrons. The number of rotatable bonds is 6. The van der Waals surface area contributed by atoms with Crippen molar-refractivity contribution in [3.05, 3.63) is 29.8 Å². The number of ether oxygens (including phenoxy) is 1. The molecule has 0 fully saturated rings. The maximum Gasteiger partial charge on any atom is 0.252 e. The molecule has 0 radical (unpaired) electrons. The molecule has 3 N–H and O–H groups in total. The number of para-hydroxylation sites is 1. The van der Waals surface area contributed by atoms with Gasteiger partial charge in [-0.05, 0) is 18.6 Å². The Labute approximate surface area is 111 Å². The molecule has 0 saturated carbocycles. The maximum absolute atomic E-state index is 11.4. The molecule has 0 saturated heterocycles. The highest BCUT2D eigenvalue weighted by Gasteiger charge is 2.16. The van der Waals surface area contributed by atoms with Crippen molar-refractivity contribution in [2.24, 2.45) is 0 Å². The lowest BCUT2D eigenvalue weighted by atomic mass is 10.2. The van der Waals surface area contributed by atoms with Crippen LogP contribution in [0.1, 0.15) is 5.56 Å². The SMILES string of the molecule is CNC(=O)CNC(=O)C(O)COc1ccccc1C. The summed E-state index contributed by atoms with van der Waals surface area (Å²) in [5.74, 6) is -0.363. The van der Waals surface area contributed by atoms with E-state index in [1.54, 1.807) is 12.1 Å². The Hall–Kier alpha value is -2.08. The summed E-state index contributed by atoms with van der Waals surface area (Å²) in [6.45, 7) is 1.54. The first kappa shape index (κ1) is 15.0. The minimum Gasteiger partial charge on any atom is -0.490 e. The molecule has 1 aromatic rings. The molecular formula is C13H18N2O4. The predicted molar refractivity (Wildman–Crippen MR) is 69.8 cm³/mol. The fourth-order valence-electron chi connectivity index (χ4n) is 1.34. The Bertz CT molecular complexity index is 448. The van der Waals surface area contributed by atoms with Crippen molar-refractivity contribution in [3.63, 3.8) is 0 Å². The fourth-order valence-corrected chi connectivity index (χ4v) is 1.34. The van der Waals surface area contributed by atoms with Gasteiger partial charge < -0.3 is 20.5 Å². The minimum absolute atomic E-state index is 0.162. The van der Waals surface area contributed by atoms with Crippen LogP contribution in [0.3, 0.4) is 0 Å². The summed E-state index contributed by atoms with van der Waals surface area (Å²) in [5.41, 5.74) is 0.917. The first-order valence-electron chi connectivity index (χ1n) is 5.89. The Morgan fingerprint density at radius 3 is 2.68 bits per heavy atom. The van der Waals surface area contributed by atoms with Crippen molar-refractivity contribution in [2.75, 3.05) is 20.2 Å². The van der Waals surface area contributed by atoms with E-state index in [1.165, 1.54) is 7.05 Å². The Morgan fingerprint density at radius 2 is 2.05 bits per heavy atom. The molecule has 1 unspecified atom stereocenters. The van der Waals surface area contributed by atoms with Gasteiger partial charge in [0.1, 0.15) is 12.4 Å². The van der Waals surface area contributed by atoms with E-state index in [1.807, 2.05) is 19.1 Å². The van der Waals surface area contributed by atoms with E-state index >= 15 is 0 Å². The van der Waals surface area contributed by atoms with Crippen LogP contribution in [0.5, 0.6) is 5.75 Å². The summed E-state index contributed by atoms with van der Waals surface area (Å²) >= 11 is 0. The van der Waals surface area contributed by atoms with Crippen molar-refractivity contribution in [1.82, 2.24) is 10.6 Å². The number of benzene rings is 1. The van der Waals surface area contributed by atoms with E-state index in [-0.39, 0.29) is 19.1 Å². The summed E-state index contributed by atoms with van der Waals surface area (Å²) in [6, 6.07) is 7.30. The zero-order valence-corrected chi connectivity index (χ0v) is 11.0. The van der Waals surface area contributed by atoms with Crippen LogP contribution in [0.25, 0.3) is 0 Å². The predicted octanol–water partition coefficient (Wildman–Crippen LogP) is -0.403. The number of carbonyl (C=O) groups excluding carboxylic acids is 2. The van der Waals surface area contributed by atoms with Gasteiger partial charge >= 0.3 is 0 Å². The van der Waals surface area contributed by atoms with E-state index in [9.17, 15) is 14.7 Å². The second-order valence-corrected chi connectivity index (χ2v) is 3.98. The smallest absolute Gasteiger partial charge is 0.252 e. The van der Waals surface area contributed by atoms with Gasteiger partial charge in [0.25, 0.3) is 5.91 Å². The maximum atomic E-state index is 11.4. The molecule has 0 spiro atoms. The van der Waals surface area contributed by atoms with Gasteiger partial charge in [-0.25, -0.2) is 0 Å². The quantitative estimate of drug-likeness (QED) is 0.653. The van der Waals surface area contributed by atoms with E-state index in [0.717, 1.165) is 5.56 Å². The van der Waals surface area contributed by atoms with Crippen molar-refractivity contribution in [1.29, 1.82) is 0 Å². The number of aliphatic hydroxyl groups is 1. The molecule has 0 bridgehead atoms. The summed E-state index contributed by atoms with van der Waals surface area (Å²) in [5, 5.41) is 14.2. The second kappa shape index (κ2) is 7.38. The van der Waals surface area contributed by atoms with Gasteiger partial charge in [-0.3, -0.25) is 9.59 Å². The van der Waals surface area contributed by atoms with E-state index < -0.39 is 12.0 Å². The zero-order chi connectivity index (χ0) is 14.3. The molecule has 2 amide bonds. The molecule has 0 aromatic heterocycles. The average molecular weight is 266 g/mol. The summed E-state index contributed by atoms with van der Waals surface area (Å²) < 4.78 is 5.34. The number of aliphatic hydroxyl groups excluding tert-OH is 1. The van der Waals surface area contributed by atoms with E-state index in [4.69, 9.17) is 4.74 Å². The van der Waals surface area contributed by atoms with Crippen LogP contribution in [-0.4, -0.2) is 43.2 Å². The number of hydrogen-bond donors (Lipinski definition) is 3. The van der Waals surface area contributed by atoms with Gasteiger partial charge in [0.2, 0.25) is 5.91 Å². The van der Waals surface area contributed by atoms with Crippen LogP contribution >= 0.6 is 0 Å². The molecule has 0 heterocycles. The third kappa shape index (κ3) is 4.97. The van der Waals surface area contributed by atoms with Gasteiger partial charge in [-0.2, -0.15) is 0 Å². The van der Waals surface area contributed by atoms with Crippen molar-refractivity contribution in [3.8, 4) is 5.75 Å². The highest BCUT2D eigenvalue weighted by molar-refractivity contribution is 5.86. The minimum atomic E-state index is -1.32. The van der Waals surface area contributed by atoms with Gasteiger partial charge in [-0.1, -0.05) is 18.2 Å². The van der Waals surface area contributed by atoms with Crippen molar-refractivity contribution < 1.29 is 19.4 Å². The molecule has 6 heteroatoms. The van der Waals surface area contributed by atoms with Crippen molar-refractivity contribution in [2.45, 2.75) is 13.0 Å². The molecule has 0 aliphatic heterocycles. The molecule has 1 rings (SSSR count). The Kier molecular flexibility index (Phi) is 5.81. The number of amides is 2. The van der Waals surface area contributed by atoms with Crippen LogP contribution in [-0.2, 0) is 9.59 Å². The van der Waals surface area contributed by atoms with Gasteiger partial charge in [0.05, 0.1) is 6.54 Å². The summed E-state index contributed by atoms with van der Waals surface area (Å²) in [7, 11) is 1.46. The lowest BCUT2D eigenvalue weighted by molar-refractivity contribution is -0.132. The topological polar surface area (TPSA) is 87.7 Å². The van der Waals surface area contributed by atoms with Gasteiger partial charge in [0.15, 0.2) is 6.10 Å². The Balaban J connectivity index is 2.38. The largest absolute Gasteiger partial charge is 0.490 e. The first-order chi connectivity index (χ1) is 9.04. The normalized spacial score (nSPS) is 11.5. The van der Waals surface area contributed by atoms with E-state index in [2.05, 4.69) is 10.6 Å². The molecule has 19 heavy (non-hydrogen) atoms. The number of carbonyl (C=O) groups is 2. The molecule has 1 atom stereocenters. The number of hydrogen-bond acceptors (Lipinski definition) is 4. The molecule has 0 aliphatic carbocycles. The fraction of sp³-hybridized carbons (Fsp3) is 0.385. The van der Waals surface area contributed by atoms with Crippen LogP contribution in [0.15, 0.2) is 24.3 Å². The van der Waals surface area contributed by atoms with Crippen LogP contribution in [0.2, 0.25) is 0 Å². The highest BCUT2D eigenvalue weighted by atomic mass is 16.5. The second-order valence-electron chi connectivity index (χ2n) is 3.98. The number of likely N-dealkylation sites (N-methyl/N-ethyl adjacent to an activating group) is 1. The highest BCUT2D eigenvalue weighted by Crippen LogP contribution is 2.16. The third-order valence-electron chi connectivity index (χ3n) is 2.49. The number of nitrogens with one attached hydrogen (secondary N) is 2. The summed E-state index contributed by atoms with van der Waals surface area (Å²) in [4.78, 5) is 22.4. The zero-order valence-electron chi connectivity index (χ0n) is 11.0. The van der Waals surface area contributed by atoms with Crippen LogP contribution < -0.4 is 15.4 Å². The molecule has 6 nitrogen and oxygen atoms in total. The van der Waals surface area contributed by atoms with Gasteiger partial charge in [0, 0.05) is 7.05 Å². The van der Waals surface area contributed by atoms with Crippen LogP contribution in [0.4, 0.5) is 0 Å². The van der Waals surface area contributed by atoms with Crippen LogP contribution in [0, 0.1) is 6.92 Å². The molecular weight excluding hydrogens is 248 g/mol. The number of aryl methyl sites for hydroxylation is 1. The average Bonchev–Trinajstić information content (AvgIpc) is 2.43. The van der Waals surface area contributed by atoms with E-state index in [0.29, 0.717) is 5.75 Å². The lowest BCUT2D eigenvalue weighted by Crippen LogP contribution is -2.42. The monoisotopic (exact) mass is 266 g/mol. The summed E-state index contributed by atoms with van der Waals surface area (Å²) in [6.07, 6.45) is -1.32. The van der Waals surface area contributed by atoms with Crippen molar-refractivity contribution >= 4 is 11.8 Å². The molecule has 0 aliphatic rings. The molecule has 1 aromatic carbocycles. The third-order valence-corrected chi connectivity index (χ3v) is 2.49. The lowest BCUT2D eigenvalue weighted by Gasteiger charge is -2.13. The first-order valence-corrected chi connectivity index (χ1v) is 5.89.